The highest BCUT2D eigenvalue weighted by atomic mass is 19.1. The molecule has 3 rings (SSSR count). The second-order valence-corrected chi connectivity index (χ2v) is 4.69. The molecule has 0 radical (unpaired) electrons. The molecule has 1 N–H and O–H groups in total. The summed E-state index contributed by atoms with van der Waals surface area (Å²) in [6, 6.07) is 11.9. The zero-order valence-electron chi connectivity index (χ0n) is 11.8. The molecule has 0 aliphatic carbocycles. The van der Waals surface area contributed by atoms with E-state index in [4.69, 9.17) is 9.47 Å². The van der Waals surface area contributed by atoms with E-state index in [1.807, 2.05) is 31.2 Å². The van der Waals surface area contributed by atoms with Gasteiger partial charge in [0.1, 0.15) is 11.6 Å². The van der Waals surface area contributed by atoms with Gasteiger partial charge in [0, 0.05) is 0 Å². The maximum atomic E-state index is 13.2. The number of ether oxygens (including phenoxy) is 2. The molecule has 1 atom stereocenters. The fraction of sp³-hybridized carbons (Fsp3) is 0.188. The van der Waals surface area contributed by atoms with Crippen LogP contribution >= 0.6 is 0 Å². The summed E-state index contributed by atoms with van der Waals surface area (Å²) >= 11 is 0. The number of aromatic amines is 1. The van der Waals surface area contributed by atoms with Gasteiger partial charge in [-0.05, 0) is 37.3 Å². The van der Waals surface area contributed by atoms with Crippen molar-refractivity contribution in [2.24, 2.45) is 0 Å². The summed E-state index contributed by atoms with van der Waals surface area (Å²) in [6.45, 7) is 1.88. The van der Waals surface area contributed by atoms with Gasteiger partial charge in [0.05, 0.1) is 18.1 Å². The molecule has 3 aromatic rings. The highest BCUT2D eigenvalue weighted by molar-refractivity contribution is 5.75. The lowest BCUT2D eigenvalue weighted by Crippen LogP contribution is -2.05. The largest absolute Gasteiger partial charge is 0.493 e. The minimum absolute atomic E-state index is 0.295. The van der Waals surface area contributed by atoms with Crippen molar-refractivity contribution in [3.63, 3.8) is 0 Å². The number of nitrogens with one attached hydrogen (secondary N) is 1. The summed E-state index contributed by atoms with van der Waals surface area (Å²) in [6.07, 6.45) is -0.309. The van der Waals surface area contributed by atoms with Crippen molar-refractivity contribution in [2.45, 2.75) is 13.0 Å². The third-order valence-electron chi connectivity index (χ3n) is 3.22. The Morgan fingerprint density at radius 3 is 2.67 bits per heavy atom. The van der Waals surface area contributed by atoms with E-state index in [2.05, 4.69) is 9.97 Å². The van der Waals surface area contributed by atoms with Crippen LogP contribution in [0.5, 0.6) is 11.5 Å². The van der Waals surface area contributed by atoms with Crippen LogP contribution in [0.25, 0.3) is 11.0 Å². The molecule has 0 saturated carbocycles. The van der Waals surface area contributed by atoms with Gasteiger partial charge in [-0.15, -0.1) is 0 Å². The summed E-state index contributed by atoms with van der Waals surface area (Å²) < 4.78 is 24.3. The van der Waals surface area contributed by atoms with Crippen LogP contribution in [-0.2, 0) is 0 Å². The first kappa shape index (κ1) is 13.4. The maximum Gasteiger partial charge on any atom is 0.162 e. The molecule has 108 valence electrons. The van der Waals surface area contributed by atoms with Gasteiger partial charge in [-0.1, -0.05) is 12.1 Å². The van der Waals surface area contributed by atoms with Crippen LogP contribution < -0.4 is 9.47 Å². The molecular formula is C16H15FN2O2. The molecule has 1 aromatic heterocycles. The van der Waals surface area contributed by atoms with Gasteiger partial charge in [0.25, 0.3) is 0 Å². The molecule has 0 bridgehead atoms. The maximum absolute atomic E-state index is 13.2. The summed E-state index contributed by atoms with van der Waals surface area (Å²) in [4.78, 5) is 7.49. The van der Waals surface area contributed by atoms with Crippen molar-refractivity contribution in [2.75, 3.05) is 7.11 Å². The van der Waals surface area contributed by atoms with Crippen molar-refractivity contribution in [1.82, 2.24) is 9.97 Å². The van der Waals surface area contributed by atoms with Crippen LogP contribution in [0.1, 0.15) is 18.9 Å². The first-order valence-electron chi connectivity index (χ1n) is 6.62. The number of rotatable bonds is 4. The first-order valence-corrected chi connectivity index (χ1v) is 6.62. The van der Waals surface area contributed by atoms with Gasteiger partial charge in [0.15, 0.2) is 17.6 Å². The lowest BCUT2D eigenvalue weighted by atomic mass is 10.3. The monoisotopic (exact) mass is 286 g/mol. The number of hydrogen-bond acceptors (Lipinski definition) is 3. The van der Waals surface area contributed by atoms with Crippen LogP contribution in [-0.4, -0.2) is 17.1 Å². The summed E-state index contributed by atoms with van der Waals surface area (Å²) in [5.41, 5.74) is 1.36. The van der Waals surface area contributed by atoms with Crippen LogP contribution in [0.4, 0.5) is 4.39 Å². The third kappa shape index (κ3) is 2.67. The van der Waals surface area contributed by atoms with Gasteiger partial charge in [-0.25, -0.2) is 9.37 Å². The quantitative estimate of drug-likeness (QED) is 0.792. The molecule has 0 aliphatic heterocycles. The summed E-state index contributed by atoms with van der Waals surface area (Å²) in [5, 5.41) is 0. The van der Waals surface area contributed by atoms with E-state index in [1.165, 1.54) is 12.1 Å². The molecule has 5 heteroatoms. The SMILES string of the molecule is COc1ccccc1OC(C)c1nc2ccc(F)cc2[nH]1. The topological polar surface area (TPSA) is 47.1 Å². The lowest BCUT2D eigenvalue weighted by Gasteiger charge is -2.14. The Morgan fingerprint density at radius 1 is 1.14 bits per heavy atom. The number of nitrogens with zero attached hydrogens (tertiary/aromatic N) is 1. The Morgan fingerprint density at radius 2 is 1.90 bits per heavy atom. The molecule has 2 aromatic carbocycles. The molecule has 1 heterocycles. The molecule has 4 nitrogen and oxygen atoms in total. The fourth-order valence-electron chi connectivity index (χ4n) is 2.16. The van der Waals surface area contributed by atoms with Crippen molar-refractivity contribution in [1.29, 1.82) is 0 Å². The van der Waals surface area contributed by atoms with Crippen LogP contribution in [0.3, 0.4) is 0 Å². The molecule has 0 saturated heterocycles. The number of hydrogen-bond donors (Lipinski definition) is 1. The fourth-order valence-corrected chi connectivity index (χ4v) is 2.16. The van der Waals surface area contributed by atoms with E-state index in [0.29, 0.717) is 28.4 Å². The minimum Gasteiger partial charge on any atom is -0.493 e. The number of halogens is 1. The second kappa shape index (κ2) is 5.44. The normalized spacial score (nSPS) is 12.3. The minimum atomic E-state index is -0.309. The van der Waals surface area contributed by atoms with E-state index >= 15 is 0 Å². The second-order valence-electron chi connectivity index (χ2n) is 4.69. The zero-order valence-corrected chi connectivity index (χ0v) is 11.8. The number of para-hydroxylation sites is 2. The molecule has 0 amide bonds. The predicted molar refractivity (Wildman–Crippen MR) is 78.1 cm³/mol. The molecule has 0 aliphatic rings. The molecule has 0 spiro atoms. The Labute approximate surface area is 121 Å². The Balaban J connectivity index is 1.88. The number of fused-ring (bicyclic) bond motifs is 1. The Kier molecular flexibility index (Phi) is 3.48. The molecule has 0 fully saturated rings. The van der Waals surface area contributed by atoms with Crippen molar-refractivity contribution in [3.8, 4) is 11.5 Å². The number of benzene rings is 2. The van der Waals surface area contributed by atoms with E-state index in [1.54, 1.807) is 13.2 Å². The van der Waals surface area contributed by atoms with Crippen molar-refractivity contribution >= 4 is 11.0 Å². The third-order valence-corrected chi connectivity index (χ3v) is 3.22. The zero-order chi connectivity index (χ0) is 14.8. The Hall–Kier alpha value is -2.56. The van der Waals surface area contributed by atoms with Gasteiger partial charge >= 0.3 is 0 Å². The van der Waals surface area contributed by atoms with Crippen molar-refractivity contribution in [3.05, 3.63) is 54.1 Å². The lowest BCUT2D eigenvalue weighted by molar-refractivity contribution is 0.208. The van der Waals surface area contributed by atoms with Crippen molar-refractivity contribution < 1.29 is 13.9 Å². The van der Waals surface area contributed by atoms with Gasteiger partial charge < -0.3 is 14.5 Å². The standard InChI is InChI=1S/C16H15FN2O2/c1-10(21-15-6-4-3-5-14(15)20-2)16-18-12-8-7-11(17)9-13(12)19-16/h3-10H,1-2H3,(H,18,19). The average molecular weight is 286 g/mol. The summed E-state index contributed by atoms with van der Waals surface area (Å²) in [5.74, 6) is 1.64. The molecular weight excluding hydrogens is 271 g/mol. The average Bonchev–Trinajstić information content (AvgIpc) is 2.91. The van der Waals surface area contributed by atoms with Crippen LogP contribution in [0, 0.1) is 5.82 Å². The highest BCUT2D eigenvalue weighted by Gasteiger charge is 2.14. The van der Waals surface area contributed by atoms with Crippen LogP contribution in [0.15, 0.2) is 42.5 Å². The van der Waals surface area contributed by atoms with Crippen LogP contribution in [0.2, 0.25) is 0 Å². The highest BCUT2D eigenvalue weighted by Crippen LogP contribution is 2.30. The van der Waals surface area contributed by atoms with Gasteiger partial charge in [0.2, 0.25) is 0 Å². The van der Waals surface area contributed by atoms with E-state index in [-0.39, 0.29) is 11.9 Å². The molecule has 21 heavy (non-hydrogen) atoms. The number of aromatic nitrogens is 2. The Bertz CT molecular complexity index is 770. The molecule has 1 unspecified atom stereocenters. The predicted octanol–water partition coefficient (Wildman–Crippen LogP) is 3.85. The van der Waals surface area contributed by atoms with E-state index in [0.717, 1.165) is 0 Å². The first-order chi connectivity index (χ1) is 10.2. The number of imidazole rings is 1. The van der Waals surface area contributed by atoms with Gasteiger partial charge in [-0.3, -0.25) is 0 Å². The number of H-pyrrole nitrogens is 1. The van der Waals surface area contributed by atoms with E-state index < -0.39 is 0 Å². The summed E-state index contributed by atoms with van der Waals surface area (Å²) in [7, 11) is 1.59. The number of methoxy groups -OCH3 is 1. The smallest absolute Gasteiger partial charge is 0.162 e. The van der Waals surface area contributed by atoms with Gasteiger partial charge in [-0.2, -0.15) is 0 Å². The van der Waals surface area contributed by atoms with E-state index in [9.17, 15) is 4.39 Å².